The molecule has 2 rings (SSSR count). The van der Waals surface area contributed by atoms with Gasteiger partial charge in [0, 0.05) is 17.8 Å². The van der Waals surface area contributed by atoms with Crippen molar-refractivity contribution < 1.29 is 9.47 Å². The smallest absolute Gasteiger partial charge is 0.119 e. The molecule has 0 aliphatic carbocycles. The van der Waals surface area contributed by atoms with Crippen molar-refractivity contribution in [3.63, 3.8) is 0 Å². The topological polar surface area (TPSA) is 48.3 Å². The van der Waals surface area contributed by atoms with Gasteiger partial charge in [-0.25, -0.2) is 0 Å². The molecule has 0 amide bonds. The lowest BCUT2D eigenvalue weighted by molar-refractivity contribution is 0.289. The number of nitrogens with one attached hydrogen (secondary N) is 1. The van der Waals surface area contributed by atoms with Crippen molar-refractivity contribution in [1.82, 2.24) is 15.1 Å². The predicted octanol–water partition coefficient (Wildman–Crippen LogP) is 2.31. The third-order valence-corrected chi connectivity index (χ3v) is 3.52. The first kappa shape index (κ1) is 15.4. The van der Waals surface area contributed by atoms with Gasteiger partial charge < -0.3 is 14.8 Å². The number of rotatable bonds is 7. The Morgan fingerprint density at radius 1 is 1.14 bits per heavy atom. The molecule has 21 heavy (non-hydrogen) atoms. The number of hydrogen-bond acceptors (Lipinski definition) is 4. The van der Waals surface area contributed by atoms with Crippen molar-refractivity contribution in [2.75, 3.05) is 20.8 Å². The summed E-state index contributed by atoms with van der Waals surface area (Å²) in [4.78, 5) is 0. The third kappa shape index (κ3) is 3.76. The zero-order chi connectivity index (χ0) is 15.2. The Hall–Kier alpha value is -2.01. The number of aryl methyl sites for hydroxylation is 1. The van der Waals surface area contributed by atoms with Crippen LogP contribution in [0.3, 0.4) is 0 Å². The van der Waals surface area contributed by atoms with Crippen molar-refractivity contribution in [3.05, 3.63) is 41.2 Å². The van der Waals surface area contributed by atoms with E-state index in [1.807, 2.05) is 42.9 Å². The molecule has 0 atom stereocenters. The van der Waals surface area contributed by atoms with E-state index in [1.54, 1.807) is 7.11 Å². The minimum atomic E-state index is 0.591. The summed E-state index contributed by atoms with van der Waals surface area (Å²) >= 11 is 0. The molecule has 1 N–H and O–H groups in total. The molecule has 0 spiro atoms. The van der Waals surface area contributed by atoms with Crippen LogP contribution < -0.4 is 14.8 Å². The maximum Gasteiger partial charge on any atom is 0.119 e. The van der Waals surface area contributed by atoms with Crippen LogP contribution in [-0.2, 0) is 13.1 Å². The molecular formula is C16H23N3O2. The second-order valence-corrected chi connectivity index (χ2v) is 4.93. The van der Waals surface area contributed by atoms with E-state index in [0.29, 0.717) is 6.61 Å². The second-order valence-electron chi connectivity index (χ2n) is 4.93. The zero-order valence-corrected chi connectivity index (χ0v) is 13.1. The first-order chi connectivity index (χ1) is 10.2. The molecule has 0 saturated carbocycles. The van der Waals surface area contributed by atoms with Gasteiger partial charge in [-0.2, -0.15) is 5.10 Å². The van der Waals surface area contributed by atoms with Crippen LogP contribution in [0.25, 0.3) is 0 Å². The minimum Gasteiger partial charge on any atom is -0.497 e. The van der Waals surface area contributed by atoms with Crippen LogP contribution in [0.2, 0.25) is 0 Å². The molecule has 5 heteroatoms. The first-order valence-electron chi connectivity index (χ1n) is 7.10. The van der Waals surface area contributed by atoms with Gasteiger partial charge in [0.1, 0.15) is 18.1 Å². The molecule has 1 aromatic heterocycles. The van der Waals surface area contributed by atoms with Gasteiger partial charge in [0.2, 0.25) is 0 Å². The van der Waals surface area contributed by atoms with E-state index >= 15 is 0 Å². The lowest BCUT2D eigenvalue weighted by atomic mass is 10.2. The van der Waals surface area contributed by atoms with Crippen LogP contribution in [0.15, 0.2) is 24.3 Å². The molecule has 1 heterocycles. The molecule has 0 fully saturated rings. The van der Waals surface area contributed by atoms with Gasteiger partial charge in [0.25, 0.3) is 0 Å². The summed E-state index contributed by atoms with van der Waals surface area (Å²) in [6, 6.07) is 7.60. The highest BCUT2D eigenvalue weighted by Crippen LogP contribution is 2.17. The van der Waals surface area contributed by atoms with Gasteiger partial charge in [-0.3, -0.25) is 4.68 Å². The standard InChI is InChI=1S/C16H23N3O2/c1-12-16(11-17-3)13(2)19(18-12)9-10-21-15-7-5-14(20-4)6-8-15/h5-8,17H,9-11H2,1-4H3. The average Bonchev–Trinajstić information content (AvgIpc) is 2.76. The molecule has 2 aromatic rings. The summed E-state index contributed by atoms with van der Waals surface area (Å²) in [6.45, 7) is 6.31. The Bertz CT molecular complexity index is 576. The highest BCUT2D eigenvalue weighted by atomic mass is 16.5. The number of ether oxygens (including phenoxy) is 2. The maximum absolute atomic E-state index is 5.74. The van der Waals surface area contributed by atoms with E-state index in [2.05, 4.69) is 17.3 Å². The van der Waals surface area contributed by atoms with Crippen LogP contribution >= 0.6 is 0 Å². The Kier molecular flexibility index (Phi) is 5.22. The SMILES string of the molecule is CNCc1c(C)nn(CCOc2ccc(OC)cc2)c1C. The molecule has 0 saturated heterocycles. The number of aromatic nitrogens is 2. The van der Waals surface area contributed by atoms with E-state index in [0.717, 1.165) is 30.3 Å². The van der Waals surface area contributed by atoms with Gasteiger partial charge in [0.15, 0.2) is 0 Å². The van der Waals surface area contributed by atoms with Gasteiger partial charge >= 0.3 is 0 Å². The molecule has 5 nitrogen and oxygen atoms in total. The van der Waals surface area contributed by atoms with Crippen LogP contribution in [0.4, 0.5) is 0 Å². The van der Waals surface area contributed by atoms with Gasteiger partial charge in [-0.1, -0.05) is 0 Å². The summed E-state index contributed by atoms with van der Waals surface area (Å²) < 4.78 is 12.9. The van der Waals surface area contributed by atoms with Crippen molar-refractivity contribution in [1.29, 1.82) is 0 Å². The Labute approximate surface area is 125 Å². The van der Waals surface area contributed by atoms with Crippen LogP contribution in [0.1, 0.15) is 17.0 Å². The summed E-state index contributed by atoms with van der Waals surface area (Å²) in [5.41, 5.74) is 3.54. The van der Waals surface area contributed by atoms with E-state index in [4.69, 9.17) is 9.47 Å². The summed E-state index contributed by atoms with van der Waals surface area (Å²) in [5, 5.41) is 7.74. The van der Waals surface area contributed by atoms with E-state index in [1.165, 1.54) is 11.3 Å². The number of nitrogens with zero attached hydrogens (tertiary/aromatic N) is 2. The highest BCUT2D eigenvalue weighted by molar-refractivity contribution is 5.31. The van der Waals surface area contributed by atoms with Gasteiger partial charge in [-0.15, -0.1) is 0 Å². The molecule has 0 unspecified atom stereocenters. The lowest BCUT2D eigenvalue weighted by Crippen LogP contribution is -2.12. The maximum atomic E-state index is 5.74. The van der Waals surface area contributed by atoms with Crippen LogP contribution in [-0.4, -0.2) is 30.5 Å². The van der Waals surface area contributed by atoms with Crippen LogP contribution in [0, 0.1) is 13.8 Å². The number of benzene rings is 1. The predicted molar refractivity (Wildman–Crippen MR) is 83.0 cm³/mol. The fraction of sp³-hybridized carbons (Fsp3) is 0.438. The fourth-order valence-electron chi connectivity index (χ4n) is 2.31. The summed E-state index contributed by atoms with van der Waals surface area (Å²) in [6.07, 6.45) is 0. The largest absolute Gasteiger partial charge is 0.497 e. The molecule has 0 bridgehead atoms. The Balaban J connectivity index is 1.92. The van der Waals surface area contributed by atoms with E-state index < -0.39 is 0 Å². The normalized spacial score (nSPS) is 10.7. The van der Waals surface area contributed by atoms with Crippen molar-refractivity contribution in [3.8, 4) is 11.5 Å². The quantitative estimate of drug-likeness (QED) is 0.849. The summed E-state index contributed by atoms with van der Waals surface area (Å²) in [7, 11) is 3.60. The lowest BCUT2D eigenvalue weighted by Gasteiger charge is -2.09. The number of methoxy groups -OCH3 is 1. The van der Waals surface area contributed by atoms with Crippen molar-refractivity contribution in [2.45, 2.75) is 26.9 Å². The fourth-order valence-corrected chi connectivity index (χ4v) is 2.31. The molecule has 1 aromatic carbocycles. The van der Waals surface area contributed by atoms with Crippen molar-refractivity contribution >= 4 is 0 Å². The minimum absolute atomic E-state index is 0.591. The average molecular weight is 289 g/mol. The van der Waals surface area contributed by atoms with Crippen LogP contribution in [0.5, 0.6) is 11.5 Å². The zero-order valence-electron chi connectivity index (χ0n) is 13.1. The molecule has 0 radical (unpaired) electrons. The van der Waals surface area contributed by atoms with Crippen molar-refractivity contribution in [2.24, 2.45) is 0 Å². The Morgan fingerprint density at radius 3 is 2.43 bits per heavy atom. The molecule has 0 aliphatic heterocycles. The van der Waals surface area contributed by atoms with E-state index in [9.17, 15) is 0 Å². The Morgan fingerprint density at radius 2 is 1.81 bits per heavy atom. The number of hydrogen-bond donors (Lipinski definition) is 1. The molecule has 114 valence electrons. The first-order valence-corrected chi connectivity index (χ1v) is 7.10. The monoisotopic (exact) mass is 289 g/mol. The molecule has 0 aliphatic rings. The van der Waals surface area contributed by atoms with Gasteiger partial charge in [0.05, 0.1) is 19.3 Å². The molecular weight excluding hydrogens is 266 g/mol. The third-order valence-electron chi connectivity index (χ3n) is 3.52. The van der Waals surface area contributed by atoms with E-state index in [-0.39, 0.29) is 0 Å². The highest BCUT2D eigenvalue weighted by Gasteiger charge is 2.10. The second kappa shape index (κ2) is 7.13. The van der Waals surface area contributed by atoms with Gasteiger partial charge in [-0.05, 0) is 45.2 Å². The summed E-state index contributed by atoms with van der Waals surface area (Å²) in [5.74, 6) is 1.67.